The lowest BCUT2D eigenvalue weighted by Gasteiger charge is -2.43. The summed E-state index contributed by atoms with van der Waals surface area (Å²) in [5, 5.41) is 0.675. The number of piperazine rings is 1. The lowest BCUT2D eigenvalue weighted by atomic mass is 9.96. The van der Waals surface area contributed by atoms with Crippen molar-refractivity contribution in [2.24, 2.45) is 0 Å². The molecule has 2 aliphatic rings. The van der Waals surface area contributed by atoms with E-state index in [4.69, 9.17) is 21.1 Å². The normalized spacial score (nSPS) is 23.2. The van der Waals surface area contributed by atoms with E-state index in [9.17, 15) is 9.59 Å². The molecule has 1 aromatic rings. The fraction of sp³-hybridized carbons (Fsp3) is 0.619. The SMILES string of the molecule is CC(=O)N1CCO[C@@](COc2ccc(Cl)c(C)c2)(CC(=O)N2CCN(C)CC2)C1. The number of ether oxygens (including phenoxy) is 2. The van der Waals surface area contributed by atoms with E-state index in [2.05, 4.69) is 11.9 Å². The summed E-state index contributed by atoms with van der Waals surface area (Å²) in [7, 11) is 2.06. The number of rotatable bonds is 5. The molecule has 0 aromatic heterocycles. The van der Waals surface area contributed by atoms with Crippen LogP contribution in [0.5, 0.6) is 5.75 Å². The van der Waals surface area contributed by atoms with E-state index in [1.165, 1.54) is 0 Å². The number of morpholine rings is 1. The topological polar surface area (TPSA) is 62.3 Å². The molecule has 0 aliphatic carbocycles. The highest BCUT2D eigenvalue weighted by Crippen LogP contribution is 2.27. The minimum Gasteiger partial charge on any atom is -0.490 e. The molecule has 0 radical (unpaired) electrons. The van der Waals surface area contributed by atoms with Gasteiger partial charge in [-0.15, -0.1) is 0 Å². The Morgan fingerprint density at radius 2 is 1.90 bits per heavy atom. The van der Waals surface area contributed by atoms with E-state index in [1.807, 2.05) is 17.9 Å². The third kappa shape index (κ3) is 5.62. The second-order valence-corrected chi connectivity index (χ2v) is 8.44. The Hall–Kier alpha value is -1.83. The number of nitrogens with zero attached hydrogens (tertiary/aromatic N) is 3. The third-order valence-corrected chi connectivity index (χ3v) is 6.08. The zero-order chi connectivity index (χ0) is 21.0. The molecule has 2 aliphatic heterocycles. The summed E-state index contributed by atoms with van der Waals surface area (Å²) in [5.41, 5.74) is 0.0550. The maximum atomic E-state index is 13.0. The van der Waals surface area contributed by atoms with Crippen LogP contribution in [0.4, 0.5) is 0 Å². The van der Waals surface area contributed by atoms with Crippen LogP contribution >= 0.6 is 11.6 Å². The van der Waals surface area contributed by atoms with Gasteiger partial charge in [0.15, 0.2) is 0 Å². The molecule has 7 nitrogen and oxygen atoms in total. The van der Waals surface area contributed by atoms with Gasteiger partial charge in [0.1, 0.15) is 18.0 Å². The molecule has 1 atom stereocenters. The molecule has 160 valence electrons. The summed E-state index contributed by atoms with van der Waals surface area (Å²) in [4.78, 5) is 30.8. The standard InChI is InChI=1S/C21H30ClN3O4/c1-16-12-18(4-5-19(16)22)28-15-21(14-25(17(2)26)10-11-29-21)13-20(27)24-8-6-23(3)7-9-24/h4-5,12H,6-11,13-15H2,1-3H3/t21-/m0/s1. The van der Waals surface area contributed by atoms with E-state index >= 15 is 0 Å². The second-order valence-electron chi connectivity index (χ2n) is 8.03. The van der Waals surface area contributed by atoms with Gasteiger partial charge >= 0.3 is 0 Å². The summed E-state index contributed by atoms with van der Waals surface area (Å²) in [6, 6.07) is 5.46. The Kier molecular flexibility index (Phi) is 7.03. The largest absolute Gasteiger partial charge is 0.490 e. The molecule has 2 heterocycles. The summed E-state index contributed by atoms with van der Waals surface area (Å²) in [6.45, 7) is 8.04. The molecule has 3 rings (SSSR count). The molecule has 8 heteroatoms. The maximum absolute atomic E-state index is 13.0. The van der Waals surface area contributed by atoms with Gasteiger partial charge in [0, 0.05) is 44.7 Å². The summed E-state index contributed by atoms with van der Waals surface area (Å²) in [5.74, 6) is 0.688. The van der Waals surface area contributed by atoms with Gasteiger partial charge in [-0.3, -0.25) is 9.59 Å². The van der Waals surface area contributed by atoms with Crippen LogP contribution in [0.1, 0.15) is 18.9 Å². The fourth-order valence-corrected chi connectivity index (χ4v) is 3.84. The quantitative estimate of drug-likeness (QED) is 0.722. The van der Waals surface area contributed by atoms with Crippen molar-refractivity contribution in [1.82, 2.24) is 14.7 Å². The van der Waals surface area contributed by atoms with Crippen molar-refractivity contribution >= 4 is 23.4 Å². The first kappa shape index (κ1) is 21.9. The highest BCUT2D eigenvalue weighted by Gasteiger charge is 2.42. The number of carbonyl (C=O) groups is 2. The number of hydrogen-bond acceptors (Lipinski definition) is 5. The first-order valence-electron chi connectivity index (χ1n) is 10.0. The van der Waals surface area contributed by atoms with Crippen molar-refractivity contribution < 1.29 is 19.1 Å². The van der Waals surface area contributed by atoms with Gasteiger partial charge in [-0.05, 0) is 37.7 Å². The molecule has 0 saturated carbocycles. The number of hydrogen-bond donors (Lipinski definition) is 0. The molecule has 0 spiro atoms. The number of likely N-dealkylation sites (N-methyl/N-ethyl adjacent to an activating group) is 1. The highest BCUT2D eigenvalue weighted by molar-refractivity contribution is 6.31. The summed E-state index contributed by atoms with van der Waals surface area (Å²) >= 11 is 6.10. The third-order valence-electron chi connectivity index (χ3n) is 5.65. The van der Waals surface area contributed by atoms with Gasteiger partial charge < -0.3 is 24.2 Å². The minimum atomic E-state index is -0.863. The number of aryl methyl sites for hydroxylation is 1. The predicted molar refractivity (Wildman–Crippen MR) is 111 cm³/mol. The number of amides is 2. The van der Waals surface area contributed by atoms with Crippen molar-refractivity contribution in [2.75, 3.05) is 59.5 Å². The smallest absolute Gasteiger partial charge is 0.225 e. The van der Waals surface area contributed by atoms with Crippen molar-refractivity contribution in [2.45, 2.75) is 25.9 Å². The molecule has 0 N–H and O–H groups in total. The van der Waals surface area contributed by atoms with Crippen LogP contribution in [0.3, 0.4) is 0 Å². The van der Waals surface area contributed by atoms with Crippen LogP contribution in [0, 0.1) is 6.92 Å². The van der Waals surface area contributed by atoms with E-state index in [-0.39, 0.29) is 24.8 Å². The monoisotopic (exact) mass is 423 g/mol. The average molecular weight is 424 g/mol. The summed E-state index contributed by atoms with van der Waals surface area (Å²) in [6.07, 6.45) is 0.188. The Balaban J connectivity index is 1.73. The van der Waals surface area contributed by atoms with Gasteiger partial charge in [0.25, 0.3) is 0 Å². The molecule has 2 saturated heterocycles. The van der Waals surface area contributed by atoms with Crippen molar-refractivity contribution in [1.29, 1.82) is 0 Å². The van der Waals surface area contributed by atoms with Crippen molar-refractivity contribution in [3.63, 3.8) is 0 Å². The maximum Gasteiger partial charge on any atom is 0.225 e. The predicted octanol–water partition coefficient (Wildman–Crippen LogP) is 1.81. The van der Waals surface area contributed by atoms with Gasteiger partial charge in [-0.2, -0.15) is 0 Å². The van der Waals surface area contributed by atoms with Crippen molar-refractivity contribution in [3.8, 4) is 5.75 Å². The average Bonchev–Trinajstić information content (AvgIpc) is 2.69. The lowest BCUT2D eigenvalue weighted by molar-refractivity contribution is -0.165. The van der Waals surface area contributed by atoms with Crippen LogP contribution in [-0.4, -0.2) is 91.6 Å². The van der Waals surface area contributed by atoms with E-state index in [0.717, 1.165) is 18.7 Å². The first-order chi connectivity index (χ1) is 13.8. The molecular weight excluding hydrogens is 394 g/mol. The molecule has 2 amide bonds. The van der Waals surface area contributed by atoms with E-state index in [1.54, 1.807) is 24.0 Å². The molecule has 29 heavy (non-hydrogen) atoms. The number of carbonyl (C=O) groups excluding carboxylic acids is 2. The fourth-order valence-electron chi connectivity index (χ4n) is 3.72. The zero-order valence-corrected chi connectivity index (χ0v) is 18.2. The Bertz CT molecular complexity index is 751. The van der Waals surface area contributed by atoms with Crippen LogP contribution in [0.2, 0.25) is 5.02 Å². The minimum absolute atomic E-state index is 0.0212. The van der Waals surface area contributed by atoms with Gasteiger partial charge in [-0.1, -0.05) is 11.6 Å². The van der Waals surface area contributed by atoms with Gasteiger partial charge in [-0.25, -0.2) is 0 Å². The zero-order valence-electron chi connectivity index (χ0n) is 17.4. The first-order valence-corrected chi connectivity index (χ1v) is 10.4. The van der Waals surface area contributed by atoms with E-state index in [0.29, 0.717) is 43.6 Å². The second kappa shape index (κ2) is 9.32. The lowest BCUT2D eigenvalue weighted by Crippen LogP contribution is -2.59. The number of halogens is 1. The van der Waals surface area contributed by atoms with Crippen molar-refractivity contribution in [3.05, 3.63) is 28.8 Å². The summed E-state index contributed by atoms with van der Waals surface area (Å²) < 4.78 is 12.1. The Morgan fingerprint density at radius 1 is 1.17 bits per heavy atom. The van der Waals surface area contributed by atoms with Gasteiger partial charge in [0.2, 0.25) is 11.8 Å². The molecule has 1 aromatic carbocycles. The van der Waals surface area contributed by atoms with Crippen LogP contribution < -0.4 is 4.74 Å². The molecule has 0 unspecified atom stereocenters. The Labute approximate surface area is 177 Å². The molecule has 2 fully saturated rings. The van der Waals surface area contributed by atoms with E-state index < -0.39 is 5.60 Å². The van der Waals surface area contributed by atoms with Crippen LogP contribution in [-0.2, 0) is 14.3 Å². The van der Waals surface area contributed by atoms with Crippen LogP contribution in [0.25, 0.3) is 0 Å². The Morgan fingerprint density at radius 3 is 2.55 bits per heavy atom. The van der Waals surface area contributed by atoms with Gasteiger partial charge in [0.05, 0.1) is 19.6 Å². The number of benzene rings is 1. The molecule has 0 bridgehead atoms. The van der Waals surface area contributed by atoms with Crippen LogP contribution in [0.15, 0.2) is 18.2 Å². The highest BCUT2D eigenvalue weighted by atomic mass is 35.5. The molecular formula is C21H30ClN3O4.